The number of benzene rings is 1. The second-order valence-electron chi connectivity index (χ2n) is 7.10. The highest BCUT2D eigenvalue weighted by molar-refractivity contribution is 5.92. The minimum atomic E-state index is -3.23. The molecule has 0 N–H and O–H groups in total. The summed E-state index contributed by atoms with van der Waals surface area (Å²) in [6, 6.07) is 4.46. The van der Waals surface area contributed by atoms with E-state index in [0.717, 1.165) is 6.07 Å². The summed E-state index contributed by atoms with van der Waals surface area (Å²) in [6.45, 7) is 0.218. The molecule has 0 amide bonds. The first kappa shape index (κ1) is 21.4. The van der Waals surface area contributed by atoms with Gasteiger partial charge >= 0.3 is 6.61 Å². The Labute approximate surface area is 181 Å². The molecule has 0 saturated carbocycles. The van der Waals surface area contributed by atoms with Gasteiger partial charge in [0, 0.05) is 51.3 Å². The Kier molecular flexibility index (Phi) is 5.85. The number of fused-ring (bicyclic) bond motifs is 1. The van der Waals surface area contributed by atoms with Gasteiger partial charge in [0.1, 0.15) is 17.3 Å². The number of aryl methyl sites for hydroxylation is 1. The molecule has 0 aliphatic carbocycles. The van der Waals surface area contributed by atoms with Crippen molar-refractivity contribution in [1.82, 2.24) is 14.5 Å². The van der Waals surface area contributed by atoms with Gasteiger partial charge in [-0.2, -0.15) is 14.0 Å². The maximum Gasteiger partial charge on any atom is 0.387 e. The molecule has 1 saturated heterocycles. The number of ether oxygens (including phenoxy) is 1. The van der Waals surface area contributed by atoms with Crippen LogP contribution in [0, 0.1) is 17.1 Å². The molecule has 4 rings (SSSR count). The third-order valence-corrected chi connectivity index (χ3v) is 5.34. The zero-order valence-corrected chi connectivity index (χ0v) is 17.1. The van der Waals surface area contributed by atoms with E-state index in [1.807, 2.05) is 4.90 Å². The van der Waals surface area contributed by atoms with E-state index in [0.29, 0.717) is 32.1 Å². The molecule has 1 aliphatic heterocycles. The fourth-order valence-corrected chi connectivity index (χ4v) is 3.90. The van der Waals surface area contributed by atoms with E-state index in [-0.39, 0.29) is 28.7 Å². The zero-order chi connectivity index (χ0) is 22.8. The lowest BCUT2D eigenvalue weighted by atomic mass is 10.1. The SMILES string of the molecule is CCn1cc(C#N)c(=O)c2cc(F)c(N3CCN(c4ncccn4)CC3)c(OC(F)F)c21. The van der Waals surface area contributed by atoms with Crippen molar-refractivity contribution in [2.24, 2.45) is 0 Å². The average Bonchev–Trinajstić information content (AvgIpc) is 2.80. The Morgan fingerprint density at radius 1 is 1.19 bits per heavy atom. The number of nitrogens with zero attached hydrogens (tertiary/aromatic N) is 6. The summed E-state index contributed by atoms with van der Waals surface area (Å²) in [7, 11) is 0. The van der Waals surface area contributed by atoms with Gasteiger partial charge < -0.3 is 19.1 Å². The lowest BCUT2D eigenvalue weighted by Gasteiger charge is -2.37. The minimum absolute atomic E-state index is 0.0297. The van der Waals surface area contributed by atoms with Crippen molar-refractivity contribution < 1.29 is 17.9 Å². The smallest absolute Gasteiger partial charge is 0.387 e. The van der Waals surface area contributed by atoms with E-state index in [2.05, 4.69) is 9.97 Å². The molecule has 1 aromatic carbocycles. The molecule has 0 radical (unpaired) electrons. The summed E-state index contributed by atoms with van der Waals surface area (Å²) < 4.78 is 48.2. The van der Waals surface area contributed by atoms with E-state index in [1.54, 1.807) is 36.4 Å². The van der Waals surface area contributed by atoms with Crippen LogP contribution in [-0.2, 0) is 6.54 Å². The molecule has 8 nitrogen and oxygen atoms in total. The summed E-state index contributed by atoms with van der Waals surface area (Å²) in [5.41, 5.74) is -1.05. The molecule has 3 heterocycles. The van der Waals surface area contributed by atoms with E-state index in [9.17, 15) is 18.8 Å². The summed E-state index contributed by atoms with van der Waals surface area (Å²) >= 11 is 0. The predicted octanol–water partition coefficient (Wildman–Crippen LogP) is 2.75. The van der Waals surface area contributed by atoms with Gasteiger partial charge in [-0.05, 0) is 19.1 Å². The van der Waals surface area contributed by atoms with Crippen LogP contribution < -0.4 is 20.0 Å². The molecular formula is C21H19F3N6O2. The van der Waals surface area contributed by atoms with Gasteiger partial charge in [0.2, 0.25) is 11.4 Å². The maximum absolute atomic E-state index is 15.3. The molecule has 3 aromatic rings. The standard InChI is InChI=1S/C21H19F3N6O2/c1-2-28-12-13(11-25)18(31)14-10-15(22)17(19(16(14)28)32-20(23)24)29-6-8-30(9-7-29)21-26-4-3-5-27-21/h3-5,10,12,20H,2,6-9H2,1H3. The van der Waals surface area contributed by atoms with Gasteiger partial charge in [0.15, 0.2) is 11.6 Å². The maximum atomic E-state index is 15.3. The van der Waals surface area contributed by atoms with E-state index >= 15 is 4.39 Å². The number of piperazine rings is 1. The summed E-state index contributed by atoms with van der Waals surface area (Å²) in [4.78, 5) is 24.5. The predicted molar refractivity (Wildman–Crippen MR) is 112 cm³/mol. The number of rotatable bonds is 5. The third kappa shape index (κ3) is 3.79. The Morgan fingerprint density at radius 3 is 2.44 bits per heavy atom. The number of halogens is 3. The molecule has 32 heavy (non-hydrogen) atoms. The lowest BCUT2D eigenvalue weighted by Crippen LogP contribution is -2.47. The molecule has 11 heteroatoms. The highest BCUT2D eigenvalue weighted by Gasteiger charge is 2.29. The Bertz CT molecular complexity index is 1230. The van der Waals surface area contributed by atoms with Crippen LogP contribution in [0.4, 0.5) is 24.8 Å². The van der Waals surface area contributed by atoms with Crippen LogP contribution in [0.15, 0.2) is 35.5 Å². The molecule has 0 unspecified atom stereocenters. The van der Waals surface area contributed by atoms with Gasteiger partial charge in [0.05, 0.1) is 10.9 Å². The highest BCUT2D eigenvalue weighted by Crippen LogP contribution is 2.39. The van der Waals surface area contributed by atoms with Crippen LogP contribution in [0.1, 0.15) is 12.5 Å². The van der Waals surface area contributed by atoms with Crippen molar-refractivity contribution in [2.75, 3.05) is 36.0 Å². The minimum Gasteiger partial charge on any atom is -0.430 e. The summed E-state index contributed by atoms with van der Waals surface area (Å²) in [5.74, 6) is -0.755. The van der Waals surface area contributed by atoms with Crippen LogP contribution in [0.5, 0.6) is 5.75 Å². The van der Waals surface area contributed by atoms with Crippen LogP contribution in [0.2, 0.25) is 0 Å². The number of anilines is 2. The van der Waals surface area contributed by atoms with Crippen LogP contribution in [0.25, 0.3) is 10.9 Å². The Balaban J connectivity index is 1.82. The highest BCUT2D eigenvalue weighted by atomic mass is 19.3. The first-order valence-corrected chi connectivity index (χ1v) is 9.96. The van der Waals surface area contributed by atoms with Crippen LogP contribution >= 0.6 is 0 Å². The van der Waals surface area contributed by atoms with Gasteiger partial charge in [-0.25, -0.2) is 14.4 Å². The summed E-state index contributed by atoms with van der Waals surface area (Å²) in [5, 5.41) is 9.05. The number of alkyl halides is 2. The van der Waals surface area contributed by atoms with Crippen molar-refractivity contribution in [3.8, 4) is 11.8 Å². The van der Waals surface area contributed by atoms with Gasteiger partial charge in [0.25, 0.3) is 0 Å². The quantitative estimate of drug-likeness (QED) is 0.598. The molecular weight excluding hydrogens is 425 g/mol. The molecule has 0 spiro atoms. The van der Waals surface area contributed by atoms with Crippen molar-refractivity contribution >= 4 is 22.5 Å². The fraction of sp³-hybridized carbons (Fsp3) is 0.333. The van der Waals surface area contributed by atoms with Crippen molar-refractivity contribution in [2.45, 2.75) is 20.1 Å². The van der Waals surface area contributed by atoms with Crippen molar-refractivity contribution in [1.29, 1.82) is 5.26 Å². The first-order valence-electron chi connectivity index (χ1n) is 9.96. The van der Waals surface area contributed by atoms with E-state index < -0.39 is 23.6 Å². The molecule has 1 fully saturated rings. The zero-order valence-electron chi connectivity index (χ0n) is 17.1. The number of hydrogen-bond donors (Lipinski definition) is 0. The number of hydrogen-bond acceptors (Lipinski definition) is 7. The monoisotopic (exact) mass is 444 g/mol. The van der Waals surface area contributed by atoms with Gasteiger partial charge in [-0.15, -0.1) is 0 Å². The normalized spacial score (nSPS) is 14.1. The molecule has 0 bridgehead atoms. The molecule has 0 atom stereocenters. The lowest BCUT2D eigenvalue weighted by molar-refractivity contribution is -0.0488. The third-order valence-electron chi connectivity index (χ3n) is 5.34. The van der Waals surface area contributed by atoms with Crippen LogP contribution in [-0.4, -0.2) is 47.3 Å². The Hall–Kier alpha value is -3.81. The van der Waals surface area contributed by atoms with Crippen molar-refractivity contribution in [3.63, 3.8) is 0 Å². The second kappa shape index (κ2) is 8.74. The summed E-state index contributed by atoms with van der Waals surface area (Å²) in [6.07, 6.45) is 4.51. The Morgan fingerprint density at radius 2 is 1.84 bits per heavy atom. The number of nitriles is 1. The fourth-order valence-electron chi connectivity index (χ4n) is 3.90. The molecule has 1 aliphatic rings. The van der Waals surface area contributed by atoms with Crippen LogP contribution in [0.3, 0.4) is 0 Å². The van der Waals surface area contributed by atoms with Gasteiger partial charge in [-0.1, -0.05) is 0 Å². The van der Waals surface area contributed by atoms with E-state index in [4.69, 9.17) is 4.74 Å². The van der Waals surface area contributed by atoms with Gasteiger partial charge in [-0.3, -0.25) is 4.79 Å². The largest absolute Gasteiger partial charge is 0.430 e. The number of aromatic nitrogens is 3. The second-order valence-corrected chi connectivity index (χ2v) is 7.10. The first-order chi connectivity index (χ1) is 15.4. The topological polar surface area (TPSA) is 87.3 Å². The van der Waals surface area contributed by atoms with E-state index in [1.165, 1.54) is 10.8 Å². The van der Waals surface area contributed by atoms with Crippen molar-refractivity contribution in [3.05, 3.63) is 52.3 Å². The molecule has 2 aromatic heterocycles. The average molecular weight is 444 g/mol. The molecule has 166 valence electrons. The number of pyridine rings is 1.